The van der Waals surface area contributed by atoms with Crippen LogP contribution in [0.4, 0.5) is 0 Å². The van der Waals surface area contributed by atoms with Crippen LogP contribution in [-0.4, -0.2) is 42.1 Å². The molecule has 8 heteroatoms. The number of carbonyl (C=O) groups is 2. The van der Waals surface area contributed by atoms with E-state index in [1.54, 1.807) is 36.2 Å². The van der Waals surface area contributed by atoms with E-state index in [9.17, 15) is 9.59 Å². The molecular formula is C34H41ClN2O4S. The first-order valence-corrected chi connectivity index (χ1v) is 16.7. The predicted molar refractivity (Wildman–Crippen MR) is 171 cm³/mol. The Labute approximate surface area is 258 Å². The molecule has 1 aromatic carbocycles. The first-order chi connectivity index (χ1) is 20.5. The predicted octanol–water partition coefficient (Wildman–Crippen LogP) is 8.31. The van der Waals surface area contributed by atoms with E-state index in [2.05, 4.69) is 22.6 Å². The van der Waals surface area contributed by atoms with Crippen LogP contribution in [0.3, 0.4) is 0 Å². The molecule has 0 radical (unpaired) electrons. The van der Waals surface area contributed by atoms with Crippen molar-refractivity contribution in [1.29, 1.82) is 0 Å². The third-order valence-corrected chi connectivity index (χ3v) is 9.60. The maximum atomic E-state index is 13.4. The fraction of sp³-hybridized carbons (Fsp3) is 0.529. The smallest absolute Gasteiger partial charge is 0.310 e. The Bertz CT molecular complexity index is 1270. The van der Waals surface area contributed by atoms with Gasteiger partial charge in [-0.1, -0.05) is 48.2 Å². The van der Waals surface area contributed by atoms with Gasteiger partial charge in [-0.15, -0.1) is 0 Å². The third-order valence-electron chi connectivity index (χ3n) is 8.68. The highest BCUT2D eigenvalue weighted by Crippen LogP contribution is 2.35. The van der Waals surface area contributed by atoms with E-state index in [1.165, 1.54) is 11.3 Å². The van der Waals surface area contributed by atoms with Gasteiger partial charge in [0.05, 0.1) is 12.1 Å². The Balaban J connectivity index is 1.02. The lowest BCUT2D eigenvalue weighted by molar-refractivity contribution is -0.143. The summed E-state index contributed by atoms with van der Waals surface area (Å²) >= 11 is 7.50. The molecular weight excluding hydrogens is 568 g/mol. The van der Waals surface area contributed by atoms with Gasteiger partial charge in [0.1, 0.15) is 24.7 Å². The first kappa shape index (κ1) is 30.8. The number of nitrogens with zero attached hydrogens (tertiary/aromatic N) is 2. The Morgan fingerprint density at radius 1 is 1.00 bits per heavy atom. The van der Waals surface area contributed by atoms with E-state index in [1.807, 2.05) is 6.20 Å². The second-order valence-electron chi connectivity index (χ2n) is 11.8. The van der Waals surface area contributed by atoms with Crippen molar-refractivity contribution < 1.29 is 19.1 Å². The summed E-state index contributed by atoms with van der Waals surface area (Å²) in [7, 11) is 0. The van der Waals surface area contributed by atoms with Crippen molar-refractivity contribution in [3.05, 3.63) is 64.9 Å². The number of benzene rings is 1. The minimum atomic E-state index is -0.238. The summed E-state index contributed by atoms with van der Waals surface area (Å²) in [5.74, 6) is 2.83. The van der Waals surface area contributed by atoms with Crippen molar-refractivity contribution in [2.24, 2.45) is 27.1 Å². The van der Waals surface area contributed by atoms with Gasteiger partial charge < -0.3 is 9.47 Å². The number of Topliss-reactive ketones (excluding diaryl/α,β-unsaturated/α-hetero) is 1. The largest absolute Gasteiger partial charge is 0.490 e. The number of aliphatic imine (C=N–C) groups is 1. The molecule has 5 rings (SSSR count). The van der Waals surface area contributed by atoms with Crippen LogP contribution >= 0.6 is 23.5 Å². The lowest BCUT2D eigenvalue weighted by atomic mass is 9.81. The van der Waals surface area contributed by atoms with Gasteiger partial charge in [0.2, 0.25) is 0 Å². The van der Waals surface area contributed by atoms with Crippen molar-refractivity contribution in [3.63, 3.8) is 0 Å². The van der Waals surface area contributed by atoms with Crippen LogP contribution in [0.1, 0.15) is 77.0 Å². The summed E-state index contributed by atoms with van der Waals surface area (Å²) in [5, 5.41) is 0.651. The summed E-state index contributed by atoms with van der Waals surface area (Å²) in [6.07, 6.45) is 19.3. The van der Waals surface area contributed by atoms with E-state index >= 15 is 0 Å². The topological polar surface area (TPSA) is 77.3 Å². The minimum absolute atomic E-state index is 0.161. The molecule has 2 aliphatic carbocycles. The average Bonchev–Trinajstić information content (AvgIpc) is 3.35. The second kappa shape index (κ2) is 15.7. The molecule has 42 heavy (non-hydrogen) atoms. The van der Waals surface area contributed by atoms with Crippen LogP contribution in [0.5, 0.6) is 5.75 Å². The summed E-state index contributed by atoms with van der Waals surface area (Å²) in [6, 6.07) is 7.10. The lowest BCUT2D eigenvalue weighted by Gasteiger charge is -2.24. The summed E-state index contributed by atoms with van der Waals surface area (Å²) in [4.78, 5) is 30.6. The van der Waals surface area contributed by atoms with Crippen molar-refractivity contribution in [2.75, 3.05) is 19.0 Å². The number of allylic oxidation sites excluding steroid dienone is 3. The highest BCUT2D eigenvalue weighted by Gasteiger charge is 2.29. The second-order valence-corrected chi connectivity index (χ2v) is 13.0. The molecule has 0 bridgehead atoms. The highest BCUT2D eigenvalue weighted by atomic mass is 35.5. The van der Waals surface area contributed by atoms with E-state index in [0.717, 1.165) is 81.2 Å². The van der Waals surface area contributed by atoms with Gasteiger partial charge in [-0.2, -0.15) is 0 Å². The molecule has 0 saturated heterocycles. The van der Waals surface area contributed by atoms with Gasteiger partial charge in [-0.05, 0) is 93.0 Å². The van der Waals surface area contributed by atoms with Gasteiger partial charge in [-0.25, -0.2) is 4.40 Å². The van der Waals surface area contributed by atoms with Crippen LogP contribution in [0.15, 0.2) is 69.2 Å². The quantitative estimate of drug-likeness (QED) is 0.0830. The fourth-order valence-corrected chi connectivity index (χ4v) is 7.25. The van der Waals surface area contributed by atoms with E-state index in [4.69, 9.17) is 26.1 Å². The summed E-state index contributed by atoms with van der Waals surface area (Å²) in [6.45, 7) is 0.498. The van der Waals surface area contributed by atoms with Crippen molar-refractivity contribution in [3.8, 4) is 5.75 Å². The van der Waals surface area contributed by atoms with E-state index in [0.29, 0.717) is 41.4 Å². The van der Waals surface area contributed by atoms with E-state index in [-0.39, 0.29) is 24.9 Å². The molecule has 224 valence electrons. The van der Waals surface area contributed by atoms with Gasteiger partial charge in [0.15, 0.2) is 0 Å². The standard InChI is InChI=1S/C34H41ClN2O4S/c35-28-11-13-29(14-12-28)40-17-18-41-34(39)23-26-6-1-5-25(20-26)22-33(38)27-7-2-4-24(9-10-27)21-32-30-15-19-42-37-31(30)8-3-16-36-32/h3,6,11-16,24-25,27H,1-2,4-5,7-10,17-23H2. The normalized spacial score (nSPS) is 24.2. The van der Waals surface area contributed by atoms with Crippen molar-refractivity contribution in [2.45, 2.75) is 77.0 Å². The number of esters is 1. The number of fused-ring (bicyclic) bond motifs is 1. The maximum absolute atomic E-state index is 13.4. The Morgan fingerprint density at radius 2 is 1.88 bits per heavy atom. The summed E-state index contributed by atoms with van der Waals surface area (Å²) in [5.41, 5.74) is 4.66. The molecule has 1 saturated carbocycles. The molecule has 0 aromatic heterocycles. The molecule has 2 heterocycles. The van der Waals surface area contributed by atoms with Crippen molar-refractivity contribution >= 4 is 46.7 Å². The number of ketones is 1. The first-order valence-electron chi connectivity index (χ1n) is 15.4. The van der Waals surface area contributed by atoms with Crippen LogP contribution in [0.2, 0.25) is 5.02 Å². The Kier molecular flexibility index (Phi) is 11.5. The zero-order valence-electron chi connectivity index (χ0n) is 24.3. The Morgan fingerprint density at radius 3 is 2.76 bits per heavy atom. The monoisotopic (exact) mass is 608 g/mol. The number of carbonyl (C=O) groups excluding carboxylic acids is 2. The van der Waals surface area contributed by atoms with Gasteiger partial charge >= 0.3 is 5.97 Å². The number of halogens is 1. The number of ether oxygens (including phenoxy) is 2. The van der Waals surface area contributed by atoms with Crippen LogP contribution < -0.4 is 4.74 Å². The van der Waals surface area contributed by atoms with Crippen LogP contribution in [0.25, 0.3) is 0 Å². The molecule has 6 nitrogen and oxygen atoms in total. The lowest BCUT2D eigenvalue weighted by Crippen LogP contribution is -2.21. The number of hydrogen-bond donors (Lipinski definition) is 0. The van der Waals surface area contributed by atoms with Crippen LogP contribution in [0, 0.1) is 17.8 Å². The van der Waals surface area contributed by atoms with Crippen molar-refractivity contribution in [1.82, 2.24) is 0 Å². The molecule has 0 N–H and O–H groups in total. The van der Waals surface area contributed by atoms with Gasteiger partial charge in [0, 0.05) is 47.0 Å². The SMILES string of the molecule is O=C(CC1=CCCC(CC(=O)C2CCCC(CC3=NC=CCC4=NSCC=C34)CC2)C1)OCCOc1ccc(Cl)cc1. The molecule has 3 atom stereocenters. The zero-order valence-corrected chi connectivity index (χ0v) is 25.8. The minimum Gasteiger partial charge on any atom is -0.490 e. The van der Waals surface area contributed by atoms with Gasteiger partial charge in [-0.3, -0.25) is 14.6 Å². The molecule has 4 aliphatic rings. The number of rotatable bonds is 11. The highest BCUT2D eigenvalue weighted by molar-refractivity contribution is 7.98. The molecule has 0 amide bonds. The van der Waals surface area contributed by atoms with E-state index < -0.39 is 0 Å². The molecule has 0 spiro atoms. The third kappa shape index (κ3) is 9.18. The van der Waals surface area contributed by atoms with Gasteiger partial charge in [0.25, 0.3) is 0 Å². The molecule has 1 fully saturated rings. The van der Waals surface area contributed by atoms with Crippen LogP contribution in [-0.2, 0) is 14.3 Å². The average molecular weight is 609 g/mol. The number of hydrogen-bond acceptors (Lipinski definition) is 7. The zero-order chi connectivity index (χ0) is 29.1. The molecule has 1 aromatic rings. The Hall–Kier alpha value is -2.64. The fourth-order valence-electron chi connectivity index (χ4n) is 6.48. The summed E-state index contributed by atoms with van der Waals surface area (Å²) < 4.78 is 15.7. The molecule has 3 unspecified atom stereocenters. The molecule has 2 aliphatic heterocycles. The maximum Gasteiger partial charge on any atom is 0.310 e.